The Morgan fingerprint density at radius 3 is 2.15 bits per heavy atom. The first kappa shape index (κ1) is 29.0. The largest absolute Gasteiger partial charge is 0.496 e. The fourth-order valence-electron chi connectivity index (χ4n) is 2.99. The lowest BCUT2D eigenvalue weighted by Crippen LogP contribution is -2.36. The van der Waals surface area contributed by atoms with Crippen LogP contribution in [0.4, 0.5) is 13.2 Å². The third-order valence-corrected chi connectivity index (χ3v) is 4.34. The number of ether oxygens (including phenoxy) is 3. The Morgan fingerprint density at radius 2 is 1.62 bits per heavy atom. The van der Waals surface area contributed by atoms with Crippen molar-refractivity contribution < 1.29 is 37.0 Å². The lowest BCUT2D eigenvalue weighted by Gasteiger charge is -2.26. The van der Waals surface area contributed by atoms with Gasteiger partial charge in [-0.1, -0.05) is 18.2 Å². The van der Waals surface area contributed by atoms with Crippen molar-refractivity contribution in [3.63, 3.8) is 0 Å². The molecule has 1 unspecified atom stereocenters. The van der Waals surface area contributed by atoms with E-state index in [9.17, 15) is 22.8 Å². The maximum absolute atomic E-state index is 13.1. The minimum absolute atomic E-state index is 0.241. The SMILES string of the molecule is CCOC(=O)C(Cc1ccc(OC)c(C(=O)NCc2ccc(F)cc2)c1)OC(C)(C)C.FCF. The first-order valence-corrected chi connectivity index (χ1v) is 10.7. The van der Waals surface area contributed by atoms with Crippen LogP contribution in [0.2, 0.25) is 0 Å². The number of amides is 1. The average molecular weight is 484 g/mol. The van der Waals surface area contributed by atoms with Gasteiger partial charge in [0.25, 0.3) is 5.91 Å². The molecule has 1 N–H and O–H groups in total. The van der Waals surface area contributed by atoms with E-state index in [0.717, 1.165) is 11.1 Å². The summed E-state index contributed by atoms with van der Waals surface area (Å²) in [5, 5.41) is 2.81. The van der Waals surface area contributed by atoms with E-state index in [1.807, 2.05) is 20.8 Å². The van der Waals surface area contributed by atoms with Gasteiger partial charge in [-0.05, 0) is 63.1 Å². The molecule has 0 fully saturated rings. The number of hydrogen-bond acceptors (Lipinski definition) is 5. The van der Waals surface area contributed by atoms with Crippen LogP contribution in [0.5, 0.6) is 5.75 Å². The van der Waals surface area contributed by atoms with Crippen molar-refractivity contribution in [2.24, 2.45) is 0 Å². The van der Waals surface area contributed by atoms with Crippen LogP contribution in [0.1, 0.15) is 49.2 Å². The molecule has 188 valence electrons. The van der Waals surface area contributed by atoms with Gasteiger partial charge in [0.2, 0.25) is 6.93 Å². The quantitative estimate of drug-likeness (QED) is 0.512. The number of carbonyl (C=O) groups is 2. The number of esters is 1. The van der Waals surface area contributed by atoms with E-state index in [-0.39, 0.29) is 31.3 Å². The Morgan fingerprint density at radius 1 is 1.03 bits per heavy atom. The Labute approximate surface area is 198 Å². The fourth-order valence-corrected chi connectivity index (χ4v) is 2.99. The van der Waals surface area contributed by atoms with Gasteiger partial charge in [0, 0.05) is 13.0 Å². The summed E-state index contributed by atoms with van der Waals surface area (Å²) in [5.41, 5.74) is 1.29. The molecule has 0 aliphatic heterocycles. The summed E-state index contributed by atoms with van der Waals surface area (Å²) in [6, 6.07) is 11.0. The molecule has 1 atom stereocenters. The lowest BCUT2D eigenvalue weighted by molar-refractivity contribution is -0.165. The highest BCUT2D eigenvalue weighted by Crippen LogP contribution is 2.23. The molecule has 2 aromatic rings. The summed E-state index contributed by atoms with van der Waals surface area (Å²) in [4.78, 5) is 25.2. The fraction of sp³-hybridized carbons (Fsp3) is 0.440. The lowest BCUT2D eigenvalue weighted by atomic mass is 10.0. The van der Waals surface area contributed by atoms with Crippen LogP contribution in [0.25, 0.3) is 0 Å². The summed E-state index contributed by atoms with van der Waals surface area (Å²) in [5.74, 6) is -0.717. The minimum Gasteiger partial charge on any atom is -0.496 e. The molecule has 0 aliphatic rings. The van der Waals surface area contributed by atoms with Crippen molar-refractivity contribution in [1.29, 1.82) is 0 Å². The molecule has 0 spiro atoms. The van der Waals surface area contributed by atoms with Crippen LogP contribution in [0.15, 0.2) is 42.5 Å². The second-order valence-corrected chi connectivity index (χ2v) is 8.12. The van der Waals surface area contributed by atoms with Crippen molar-refractivity contribution in [2.45, 2.75) is 52.4 Å². The van der Waals surface area contributed by atoms with E-state index in [2.05, 4.69) is 5.32 Å². The summed E-state index contributed by atoms with van der Waals surface area (Å²) in [6.07, 6.45) is -0.554. The van der Waals surface area contributed by atoms with Gasteiger partial charge < -0.3 is 19.5 Å². The summed E-state index contributed by atoms with van der Waals surface area (Å²) in [6.45, 7) is 6.07. The third kappa shape index (κ3) is 10.2. The zero-order valence-corrected chi connectivity index (χ0v) is 20.1. The van der Waals surface area contributed by atoms with Gasteiger partial charge in [-0.25, -0.2) is 18.0 Å². The van der Waals surface area contributed by atoms with Gasteiger partial charge in [0.1, 0.15) is 11.6 Å². The topological polar surface area (TPSA) is 73.9 Å². The van der Waals surface area contributed by atoms with E-state index in [1.165, 1.54) is 19.2 Å². The van der Waals surface area contributed by atoms with Gasteiger partial charge in [0.05, 0.1) is 24.9 Å². The molecule has 2 rings (SSSR count). The van der Waals surface area contributed by atoms with Crippen LogP contribution >= 0.6 is 0 Å². The van der Waals surface area contributed by atoms with E-state index in [4.69, 9.17) is 14.2 Å². The van der Waals surface area contributed by atoms with E-state index < -0.39 is 24.6 Å². The number of methoxy groups -OCH3 is 1. The summed E-state index contributed by atoms with van der Waals surface area (Å²) < 4.78 is 48.7. The molecule has 0 heterocycles. The molecule has 0 aromatic heterocycles. The Balaban J connectivity index is 0.00000182. The molecule has 0 aliphatic carbocycles. The Bertz CT molecular complexity index is 914. The number of nitrogens with one attached hydrogen (secondary N) is 1. The minimum atomic E-state index is -1.75. The predicted octanol–water partition coefficient (Wildman–Crippen LogP) is 4.94. The first-order chi connectivity index (χ1) is 16.0. The van der Waals surface area contributed by atoms with Gasteiger partial charge >= 0.3 is 5.97 Å². The van der Waals surface area contributed by atoms with Gasteiger partial charge in [-0.15, -0.1) is 0 Å². The van der Waals surface area contributed by atoms with Crippen molar-refractivity contribution in [3.8, 4) is 5.75 Å². The molecule has 0 saturated heterocycles. The van der Waals surface area contributed by atoms with Crippen molar-refractivity contribution in [1.82, 2.24) is 5.32 Å². The number of carbonyl (C=O) groups excluding carboxylic acids is 2. The van der Waals surface area contributed by atoms with E-state index in [0.29, 0.717) is 11.3 Å². The third-order valence-electron chi connectivity index (χ3n) is 4.34. The highest BCUT2D eigenvalue weighted by atomic mass is 19.3. The molecule has 1 amide bonds. The van der Waals surface area contributed by atoms with Crippen molar-refractivity contribution in [3.05, 3.63) is 65.0 Å². The highest BCUT2D eigenvalue weighted by Gasteiger charge is 2.27. The molecule has 34 heavy (non-hydrogen) atoms. The van der Waals surface area contributed by atoms with Crippen LogP contribution in [-0.2, 0) is 27.2 Å². The number of rotatable bonds is 9. The van der Waals surface area contributed by atoms with Gasteiger partial charge in [-0.3, -0.25) is 4.79 Å². The molecule has 0 bridgehead atoms. The number of hydrogen-bond donors (Lipinski definition) is 1. The first-order valence-electron chi connectivity index (χ1n) is 10.7. The van der Waals surface area contributed by atoms with E-state index in [1.54, 1.807) is 37.3 Å². The molecule has 6 nitrogen and oxygen atoms in total. The zero-order chi connectivity index (χ0) is 25.7. The zero-order valence-electron chi connectivity index (χ0n) is 20.1. The number of halogens is 3. The second-order valence-electron chi connectivity index (χ2n) is 8.12. The van der Waals surface area contributed by atoms with Crippen molar-refractivity contribution >= 4 is 11.9 Å². The second kappa shape index (κ2) is 14.2. The van der Waals surface area contributed by atoms with Crippen LogP contribution < -0.4 is 10.1 Å². The molecule has 2 aromatic carbocycles. The Hall–Kier alpha value is -3.07. The summed E-state index contributed by atoms with van der Waals surface area (Å²) >= 11 is 0. The van der Waals surface area contributed by atoms with Crippen LogP contribution in [-0.4, -0.2) is 44.2 Å². The molecule has 0 radical (unpaired) electrons. The van der Waals surface area contributed by atoms with Crippen molar-refractivity contribution in [2.75, 3.05) is 20.6 Å². The van der Waals surface area contributed by atoms with Gasteiger partial charge in [-0.2, -0.15) is 0 Å². The number of alkyl halides is 2. The van der Waals surface area contributed by atoms with Crippen LogP contribution in [0.3, 0.4) is 0 Å². The number of benzene rings is 2. The molecule has 0 saturated carbocycles. The molecule has 9 heteroatoms. The smallest absolute Gasteiger partial charge is 0.335 e. The normalized spacial score (nSPS) is 11.6. The maximum atomic E-state index is 13.1. The van der Waals surface area contributed by atoms with Crippen LogP contribution in [0, 0.1) is 5.82 Å². The maximum Gasteiger partial charge on any atom is 0.335 e. The molecular weight excluding hydrogens is 451 g/mol. The Kier molecular flexibility index (Phi) is 12.1. The average Bonchev–Trinajstić information content (AvgIpc) is 2.78. The van der Waals surface area contributed by atoms with E-state index >= 15 is 0 Å². The molecular formula is C25H32F3NO5. The summed E-state index contributed by atoms with van der Waals surface area (Å²) in [7, 11) is 1.48. The monoisotopic (exact) mass is 483 g/mol. The highest BCUT2D eigenvalue weighted by molar-refractivity contribution is 5.97. The predicted molar refractivity (Wildman–Crippen MR) is 123 cm³/mol. The standard InChI is InChI=1S/C24H30FNO5.CH2F2/c1-6-30-23(28)21(31-24(2,3)4)14-17-9-12-20(29-5)19(13-17)22(27)26-15-16-7-10-18(25)11-8-16;2-1-3/h7-13,21H,6,14-15H2,1-5H3,(H,26,27);1H2. The van der Waals surface area contributed by atoms with Gasteiger partial charge in [0.15, 0.2) is 6.10 Å².